The predicted molar refractivity (Wildman–Crippen MR) is 127 cm³/mol. The van der Waals surface area contributed by atoms with Gasteiger partial charge in [-0.1, -0.05) is 0 Å². The Morgan fingerprint density at radius 3 is 1.31 bits per heavy atom. The SMILES string of the molecule is Ic1ccc(-c2nnc(-c3ccc(-c4nnc(-c5ccc(I)cc5)o4)s3)o2)cc1. The van der Waals surface area contributed by atoms with Gasteiger partial charge in [0.25, 0.3) is 11.8 Å². The summed E-state index contributed by atoms with van der Waals surface area (Å²) in [6.07, 6.45) is 0. The van der Waals surface area contributed by atoms with E-state index in [-0.39, 0.29) is 0 Å². The molecule has 0 spiro atoms. The minimum atomic E-state index is 0.465. The van der Waals surface area contributed by atoms with Crippen LogP contribution < -0.4 is 0 Å². The van der Waals surface area contributed by atoms with E-state index in [0.29, 0.717) is 23.6 Å². The normalized spacial score (nSPS) is 11.1. The summed E-state index contributed by atoms with van der Waals surface area (Å²) in [6.45, 7) is 0. The highest BCUT2D eigenvalue weighted by molar-refractivity contribution is 14.1. The van der Waals surface area contributed by atoms with Crippen LogP contribution in [-0.4, -0.2) is 20.4 Å². The number of halogens is 2. The topological polar surface area (TPSA) is 77.8 Å². The van der Waals surface area contributed by atoms with Gasteiger partial charge in [0.1, 0.15) is 0 Å². The Morgan fingerprint density at radius 2 is 0.897 bits per heavy atom. The van der Waals surface area contributed by atoms with Gasteiger partial charge in [-0.15, -0.1) is 31.7 Å². The Morgan fingerprint density at radius 1 is 0.517 bits per heavy atom. The summed E-state index contributed by atoms with van der Waals surface area (Å²) in [5, 5.41) is 16.7. The van der Waals surface area contributed by atoms with Crippen LogP contribution in [0.15, 0.2) is 69.5 Å². The predicted octanol–water partition coefficient (Wildman–Crippen LogP) is 6.39. The second kappa shape index (κ2) is 7.95. The molecule has 0 bridgehead atoms. The molecule has 0 aliphatic rings. The molecule has 5 rings (SSSR count). The summed E-state index contributed by atoms with van der Waals surface area (Å²) in [5.74, 6) is 1.91. The Hall–Kier alpha value is -2.12. The van der Waals surface area contributed by atoms with E-state index in [9.17, 15) is 0 Å². The van der Waals surface area contributed by atoms with Gasteiger partial charge in [0.2, 0.25) is 11.8 Å². The summed E-state index contributed by atoms with van der Waals surface area (Å²) in [5.41, 5.74) is 1.78. The molecule has 0 N–H and O–H groups in total. The van der Waals surface area contributed by atoms with Gasteiger partial charge in [-0.05, 0) is 106 Å². The Bertz CT molecular complexity index is 1180. The van der Waals surface area contributed by atoms with Gasteiger partial charge in [-0.2, -0.15) is 0 Å². The van der Waals surface area contributed by atoms with Crippen LogP contribution in [0.4, 0.5) is 0 Å². The van der Waals surface area contributed by atoms with Crippen molar-refractivity contribution in [3.63, 3.8) is 0 Å². The molecule has 0 atom stereocenters. The third-order valence-electron chi connectivity index (χ3n) is 4.06. The second-order valence-corrected chi connectivity index (χ2v) is 9.58. The first-order chi connectivity index (χ1) is 14.2. The molecule has 0 saturated carbocycles. The Labute approximate surface area is 196 Å². The summed E-state index contributed by atoms with van der Waals surface area (Å²) in [7, 11) is 0. The van der Waals surface area contributed by atoms with E-state index in [2.05, 4.69) is 65.6 Å². The molecule has 6 nitrogen and oxygen atoms in total. The maximum absolute atomic E-state index is 5.85. The van der Waals surface area contributed by atoms with E-state index >= 15 is 0 Å². The highest BCUT2D eigenvalue weighted by atomic mass is 127. The van der Waals surface area contributed by atoms with Gasteiger partial charge in [0.05, 0.1) is 9.75 Å². The maximum Gasteiger partial charge on any atom is 0.258 e. The second-order valence-electron chi connectivity index (χ2n) is 6.00. The van der Waals surface area contributed by atoms with Crippen LogP contribution in [0.1, 0.15) is 0 Å². The zero-order valence-corrected chi connectivity index (χ0v) is 19.7. The molecule has 29 heavy (non-hydrogen) atoms. The highest BCUT2D eigenvalue weighted by Crippen LogP contribution is 2.35. The lowest BCUT2D eigenvalue weighted by molar-refractivity contribution is 0.586. The number of nitrogens with zero attached hydrogens (tertiary/aromatic N) is 4. The third-order valence-corrected chi connectivity index (χ3v) is 6.56. The quantitative estimate of drug-likeness (QED) is 0.216. The number of hydrogen-bond donors (Lipinski definition) is 0. The van der Waals surface area contributed by atoms with E-state index in [1.165, 1.54) is 11.3 Å². The fourth-order valence-corrected chi connectivity index (χ4v) is 4.20. The third kappa shape index (κ3) is 3.98. The van der Waals surface area contributed by atoms with E-state index < -0.39 is 0 Å². The number of benzene rings is 2. The van der Waals surface area contributed by atoms with Gasteiger partial charge in [0.15, 0.2) is 0 Å². The highest BCUT2D eigenvalue weighted by Gasteiger charge is 2.16. The van der Waals surface area contributed by atoms with Crippen molar-refractivity contribution in [1.82, 2.24) is 20.4 Å². The van der Waals surface area contributed by atoms with Crippen molar-refractivity contribution in [3.05, 3.63) is 67.8 Å². The molecule has 3 aromatic heterocycles. The Balaban J connectivity index is 1.40. The Kier molecular flexibility index (Phi) is 5.18. The molecule has 5 aromatic rings. The van der Waals surface area contributed by atoms with E-state index in [1.807, 2.05) is 60.7 Å². The van der Waals surface area contributed by atoms with Crippen LogP contribution in [0, 0.1) is 7.14 Å². The maximum atomic E-state index is 5.85. The molecule has 0 aliphatic heterocycles. The van der Waals surface area contributed by atoms with E-state index in [0.717, 1.165) is 28.0 Å². The number of thiophene rings is 1. The van der Waals surface area contributed by atoms with Crippen LogP contribution in [0.2, 0.25) is 0 Å². The lowest BCUT2D eigenvalue weighted by atomic mass is 10.2. The van der Waals surface area contributed by atoms with Crippen molar-refractivity contribution in [2.24, 2.45) is 0 Å². The molecule has 2 aromatic carbocycles. The molecule has 0 saturated heterocycles. The summed E-state index contributed by atoms with van der Waals surface area (Å²) < 4.78 is 14.0. The van der Waals surface area contributed by atoms with Crippen molar-refractivity contribution >= 4 is 56.5 Å². The molecular formula is C20H10I2N4O2S. The summed E-state index contributed by atoms with van der Waals surface area (Å²) in [6, 6.07) is 19.7. The molecule has 0 radical (unpaired) electrons. The van der Waals surface area contributed by atoms with Gasteiger partial charge in [-0.25, -0.2) is 0 Å². The average molecular weight is 624 g/mol. The smallest absolute Gasteiger partial charge is 0.258 e. The zero-order valence-electron chi connectivity index (χ0n) is 14.5. The fraction of sp³-hybridized carbons (Fsp3) is 0. The monoisotopic (exact) mass is 624 g/mol. The first kappa shape index (κ1) is 18.9. The minimum Gasteiger partial charge on any atom is -0.415 e. The van der Waals surface area contributed by atoms with E-state index in [4.69, 9.17) is 8.83 Å². The number of rotatable bonds is 4. The van der Waals surface area contributed by atoms with Gasteiger partial charge < -0.3 is 8.83 Å². The summed E-state index contributed by atoms with van der Waals surface area (Å²) >= 11 is 5.99. The van der Waals surface area contributed by atoms with Gasteiger partial charge >= 0.3 is 0 Å². The summed E-state index contributed by atoms with van der Waals surface area (Å²) in [4.78, 5) is 1.69. The van der Waals surface area contributed by atoms with Crippen LogP contribution in [0.5, 0.6) is 0 Å². The van der Waals surface area contributed by atoms with Crippen LogP contribution >= 0.6 is 56.5 Å². The largest absolute Gasteiger partial charge is 0.415 e. The van der Waals surface area contributed by atoms with Crippen molar-refractivity contribution in [2.75, 3.05) is 0 Å². The molecule has 9 heteroatoms. The van der Waals surface area contributed by atoms with Gasteiger partial charge in [-0.3, -0.25) is 0 Å². The molecular weight excluding hydrogens is 614 g/mol. The van der Waals surface area contributed by atoms with Crippen LogP contribution in [0.25, 0.3) is 44.4 Å². The molecule has 0 fully saturated rings. The van der Waals surface area contributed by atoms with E-state index in [1.54, 1.807) is 0 Å². The number of aromatic nitrogens is 4. The van der Waals surface area contributed by atoms with Crippen LogP contribution in [-0.2, 0) is 0 Å². The van der Waals surface area contributed by atoms with Crippen molar-refractivity contribution in [3.8, 4) is 44.4 Å². The lowest BCUT2D eigenvalue weighted by Crippen LogP contribution is -1.77. The lowest BCUT2D eigenvalue weighted by Gasteiger charge is -1.94. The number of hydrogen-bond acceptors (Lipinski definition) is 7. The average Bonchev–Trinajstić information content (AvgIpc) is 3.48. The molecule has 0 amide bonds. The van der Waals surface area contributed by atoms with Crippen molar-refractivity contribution in [2.45, 2.75) is 0 Å². The minimum absolute atomic E-state index is 0.465. The van der Waals surface area contributed by atoms with Gasteiger partial charge in [0, 0.05) is 18.3 Å². The van der Waals surface area contributed by atoms with Crippen molar-refractivity contribution < 1.29 is 8.83 Å². The van der Waals surface area contributed by atoms with Crippen molar-refractivity contribution in [1.29, 1.82) is 0 Å². The fourth-order valence-electron chi connectivity index (χ4n) is 2.63. The first-order valence-electron chi connectivity index (χ1n) is 8.45. The molecule has 0 unspecified atom stereocenters. The molecule has 142 valence electrons. The standard InChI is InChI=1S/C20H10I2N4O2S/c21-13-5-1-11(2-6-13)17-23-25-19(27-17)15-9-10-16(29-15)20-26-24-18(28-20)12-3-7-14(22)8-4-12/h1-10H. The molecule has 0 aliphatic carbocycles. The zero-order chi connectivity index (χ0) is 19.8. The van der Waals surface area contributed by atoms with Crippen LogP contribution in [0.3, 0.4) is 0 Å². The molecule has 3 heterocycles. The first-order valence-corrected chi connectivity index (χ1v) is 11.4.